The van der Waals surface area contributed by atoms with Gasteiger partial charge in [-0.2, -0.15) is 13.2 Å². The number of nitrogens with zero attached hydrogens (tertiary/aromatic N) is 3. The van der Waals surface area contributed by atoms with Crippen LogP contribution in [0.5, 0.6) is 0 Å². The summed E-state index contributed by atoms with van der Waals surface area (Å²) < 4.78 is 43.8. The number of hydrogen-bond donors (Lipinski definition) is 2. The average Bonchev–Trinajstić information content (AvgIpc) is 3.11. The summed E-state index contributed by atoms with van der Waals surface area (Å²) in [6.07, 6.45) is -3.18. The lowest BCUT2D eigenvalue weighted by molar-refractivity contribution is -0.137. The molecule has 1 aromatic rings. The van der Waals surface area contributed by atoms with E-state index < -0.39 is 11.7 Å². The molecule has 0 bridgehead atoms. The Balaban J connectivity index is 0.00000320. The lowest BCUT2D eigenvalue weighted by Gasteiger charge is -2.30. The number of guanidine groups is 1. The van der Waals surface area contributed by atoms with E-state index in [1.165, 1.54) is 0 Å². The van der Waals surface area contributed by atoms with Crippen LogP contribution in [0.15, 0.2) is 29.3 Å². The number of benzene rings is 1. The molecule has 2 saturated heterocycles. The van der Waals surface area contributed by atoms with Gasteiger partial charge in [-0.25, -0.2) is 0 Å². The highest BCUT2D eigenvalue weighted by Crippen LogP contribution is 2.29. The maximum atomic E-state index is 12.7. The molecule has 2 fully saturated rings. The van der Waals surface area contributed by atoms with Gasteiger partial charge in [-0.05, 0) is 31.2 Å². The summed E-state index contributed by atoms with van der Waals surface area (Å²) in [6, 6.07) is 5.68. The van der Waals surface area contributed by atoms with Gasteiger partial charge in [-0.3, -0.25) is 9.89 Å². The summed E-state index contributed by atoms with van der Waals surface area (Å²) in [7, 11) is 3.84. The van der Waals surface area contributed by atoms with E-state index in [2.05, 4.69) is 32.5 Å². The molecule has 2 atom stereocenters. The van der Waals surface area contributed by atoms with Crippen LogP contribution in [0.1, 0.15) is 17.5 Å². The third-order valence-corrected chi connectivity index (χ3v) is 5.36. The second-order valence-corrected chi connectivity index (χ2v) is 7.77. The lowest BCUT2D eigenvalue weighted by Crippen LogP contribution is -2.50. The van der Waals surface area contributed by atoms with Crippen molar-refractivity contribution in [2.45, 2.75) is 31.3 Å². The van der Waals surface area contributed by atoms with E-state index in [4.69, 9.17) is 4.74 Å². The SMILES string of the molecule is CN=C(NCC1CN(C)CCO1)NC1CCN(Cc2ccc(C(F)(F)F)cc2)C1.I. The van der Waals surface area contributed by atoms with Gasteiger partial charge >= 0.3 is 6.18 Å². The molecule has 6 nitrogen and oxygen atoms in total. The van der Waals surface area contributed by atoms with Crippen LogP contribution in [0.2, 0.25) is 0 Å². The van der Waals surface area contributed by atoms with E-state index in [9.17, 15) is 13.2 Å². The van der Waals surface area contributed by atoms with Gasteiger partial charge in [-0.1, -0.05) is 12.1 Å². The molecule has 2 aliphatic heterocycles. The molecule has 30 heavy (non-hydrogen) atoms. The van der Waals surface area contributed by atoms with E-state index in [-0.39, 0.29) is 36.1 Å². The minimum absolute atomic E-state index is 0. The zero-order valence-corrected chi connectivity index (χ0v) is 19.7. The van der Waals surface area contributed by atoms with Gasteiger partial charge in [0, 0.05) is 52.4 Å². The lowest BCUT2D eigenvalue weighted by atomic mass is 10.1. The number of likely N-dealkylation sites (N-methyl/N-ethyl adjacent to an activating group) is 1. The highest BCUT2D eigenvalue weighted by molar-refractivity contribution is 14.0. The predicted octanol–water partition coefficient (Wildman–Crippen LogP) is 2.39. The van der Waals surface area contributed by atoms with Crippen molar-refractivity contribution in [2.75, 3.05) is 53.4 Å². The molecule has 0 aromatic heterocycles. The number of likely N-dealkylation sites (tertiary alicyclic amines) is 1. The van der Waals surface area contributed by atoms with Crippen molar-refractivity contribution in [3.05, 3.63) is 35.4 Å². The Bertz CT molecular complexity index is 686. The van der Waals surface area contributed by atoms with Crippen molar-refractivity contribution in [3.8, 4) is 0 Å². The van der Waals surface area contributed by atoms with E-state index in [0.29, 0.717) is 13.1 Å². The topological polar surface area (TPSA) is 52.1 Å². The number of morpholine rings is 1. The Hall–Kier alpha value is -1.11. The molecule has 0 spiro atoms. The minimum atomic E-state index is -4.29. The van der Waals surface area contributed by atoms with E-state index in [1.54, 1.807) is 19.2 Å². The van der Waals surface area contributed by atoms with Crippen molar-refractivity contribution >= 4 is 29.9 Å². The molecule has 2 N–H and O–H groups in total. The minimum Gasteiger partial charge on any atom is -0.374 e. The molecule has 170 valence electrons. The summed E-state index contributed by atoms with van der Waals surface area (Å²) in [5.74, 6) is 0.753. The fourth-order valence-corrected chi connectivity index (χ4v) is 3.74. The van der Waals surface area contributed by atoms with Crippen LogP contribution < -0.4 is 10.6 Å². The number of aliphatic imine (C=N–C) groups is 1. The standard InChI is InChI=1S/C20H30F3N5O.HI/c1-24-19(25-11-18-14-27(2)9-10-29-18)26-17-7-8-28(13-17)12-15-3-5-16(6-4-15)20(21,22)23;/h3-6,17-18H,7-14H2,1-2H3,(H2,24,25,26);1H. The van der Waals surface area contributed by atoms with Gasteiger partial charge in [0.1, 0.15) is 0 Å². The van der Waals surface area contributed by atoms with Crippen LogP contribution in [-0.2, 0) is 17.5 Å². The Morgan fingerprint density at radius 2 is 1.93 bits per heavy atom. The Kier molecular flexibility index (Phi) is 9.64. The Morgan fingerprint density at radius 3 is 2.57 bits per heavy atom. The largest absolute Gasteiger partial charge is 0.416 e. The number of halogens is 4. The maximum Gasteiger partial charge on any atom is 0.416 e. The summed E-state index contributed by atoms with van der Waals surface area (Å²) in [4.78, 5) is 8.79. The fourth-order valence-electron chi connectivity index (χ4n) is 3.74. The van der Waals surface area contributed by atoms with Crippen molar-refractivity contribution in [3.63, 3.8) is 0 Å². The van der Waals surface area contributed by atoms with Crippen molar-refractivity contribution < 1.29 is 17.9 Å². The fraction of sp³-hybridized carbons (Fsp3) is 0.650. The normalized spacial score (nSPS) is 23.8. The van der Waals surface area contributed by atoms with Crippen LogP contribution in [0.4, 0.5) is 13.2 Å². The van der Waals surface area contributed by atoms with E-state index in [1.807, 2.05) is 0 Å². The van der Waals surface area contributed by atoms with Gasteiger partial charge in [0.25, 0.3) is 0 Å². The third-order valence-electron chi connectivity index (χ3n) is 5.36. The highest BCUT2D eigenvalue weighted by atomic mass is 127. The summed E-state index contributed by atoms with van der Waals surface area (Å²) in [5.41, 5.74) is 0.282. The third kappa shape index (κ3) is 7.54. The van der Waals surface area contributed by atoms with Crippen LogP contribution in [0, 0.1) is 0 Å². The van der Waals surface area contributed by atoms with E-state index >= 15 is 0 Å². The molecule has 0 aliphatic carbocycles. The van der Waals surface area contributed by atoms with Crippen LogP contribution in [0.3, 0.4) is 0 Å². The van der Waals surface area contributed by atoms with Crippen molar-refractivity contribution in [1.29, 1.82) is 0 Å². The van der Waals surface area contributed by atoms with Gasteiger partial charge in [0.15, 0.2) is 5.96 Å². The number of rotatable bonds is 5. The summed E-state index contributed by atoms with van der Waals surface area (Å²) in [6.45, 7) is 5.66. The molecule has 2 aliphatic rings. The zero-order valence-electron chi connectivity index (χ0n) is 17.4. The molecule has 2 unspecified atom stereocenters. The molecule has 10 heteroatoms. The van der Waals surface area contributed by atoms with Crippen molar-refractivity contribution in [2.24, 2.45) is 4.99 Å². The Morgan fingerprint density at radius 1 is 1.20 bits per heavy atom. The van der Waals surface area contributed by atoms with Crippen LogP contribution in [0.25, 0.3) is 0 Å². The molecule has 0 saturated carbocycles. The van der Waals surface area contributed by atoms with Gasteiger partial charge < -0.3 is 20.3 Å². The molecule has 0 radical (unpaired) electrons. The highest BCUT2D eigenvalue weighted by Gasteiger charge is 2.30. The molecule has 3 rings (SSSR count). The molecule has 1 aromatic carbocycles. The van der Waals surface area contributed by atoms with Crippen molar-refractivity contribution in [1.82, 2.24) is 20.4 Å². The predicted molar refractivity (Wildman–Crippen MR) is 122 cm³/mol. The van der Waals surface area contributed by atoms with Gasteiger partial charge in [0.2, 0.25) is 0 Å². The number of alkyl halides is 3. The maximum absolute atomic E-state index is 12.7. The summed E-state index contributed by atoms with van der Waals surface area (Å²) >= 11 is 0. The number of nitrogens with one attached hydrogen (secondary N) is 2. The zero-order chi connectivity index (χ0) is 20.9. The van der Waals surface area contributed by atoms with Gasteiger partial charge in [-0.15, -0.1) is 24.0 Å². The quantitative estimate of drug-likeness (QED) is 0.341. The number of ether oxygens (including phenoxy) is 1. The van der Waals surface area contributed by atoms with Crippen LogP contribution >= 0.6 is 24.0 Å². The van der Waals surface area contributed by atoms with Gasteiger partial charge in [0.05, 0.1) is 18.3 Å². The first kappa shape index (κ1) is 25.2. The summed E-state index contributed by atoms with van der Waals surface area (Å²) in [5, 5.41) is 6.77. The first-order valence-electron chi connectivity index (χ1n) is 9.99. The number of hydrogen-bond acceptors (Lipinski definition) is 4. The first-order chi connectivity index (χ1) is 13.8. The molecule has 0 amide bonds. The monoisotopic (exact) mass is 541 g/mol. The first-order valence-corrected chi connectivity index (χ1v) is 9.99. The van der Waals surface area contributed by atoms with E-state index in [0.717, 1.165) is 62.9 Å². The Labute approximate surface area is 193 Å². The molecule has 2 heterocycles. The molecular formula is C20H31F3IN5O. The smallest absolute Gasteiger partial charge is 0.374 e. The second kappa shape index (κ2) is 11.5. The van der Waals surface area contributed by atoms with Crippen LogP contribution in [-0.4, -0.2) is 81.3 Å². The molecular weight excluding hydrogens is 510 g/mol. The second-order valence-electron chi connectivity index (χ2n) is 7.77. The average molecular weight is 541 g/mol.